The average Bonchev–Trinajstić information content (AvgIpc) is 3.62. The summed E-state index contributed by atoms with van der Waals surface area (Å²) in [6.45, 7) is 3.68. The van der Waals surface area contributed by atoms with Crippen LogP contribution in [-0.2, 0) is 13.2 Å². The molecule has 47 heavy (non-hydrogen) atoms. The maximum absolute atomic E-state index is 14.2. The van der Waals surface area contributed by atoms with Crippen molar-refractivity contribution < 1.29 is 31.1 Å². The highest BCUT2D eigenvalue weighted by molar-refractivity contribution is 5.88. The lowest BCUT2D eigenvalue weighted by Crippen LogP contribution is -2.37. The molecule has 1 aromatic carbocycles. The van der Waals surface area contributed by atoms with Crippen LogP contribution < -0.4 is 9.64 Å². The van der Waals surface area contributed by atoms with Crippen LogP contribution in [0.1, 0.15) is 68.6 Å². The van der Waals surface area contributed by atoms with Crippen molar-refractivity contribution in [2.45, 2.75) is 64.0 Å². The van der Waals surface area contributed by atoms with Crippen LogP contribution in [-0.4, -0.2) is 59.1 Å². The van der Waals surface area contributed by atoms with Crippen LogP contribution in [0.15, 0.2) is 43.0 Å². The minimum atomic E-state index is -4.64. The van der Waals surface area contributed by atoms with Crippen LogP contribution in [0.5, 0.6) is 5.88 Å². The van der Waals surface area contributed by atoms with Crippen LogP contribution in [0.3, 0.4) is 0 Å². The van der Waals surface area contributed by atoms with Gasteiger partial charge in [-0.3, -0.25) is 4.68 Å². The van der Waals surface area contributed by atoms with E-state index in [-0.39, 0.29) is 40.8 Å². The smallest absolute Gasteiger partial charge is 0.434 e. The standard InChI is InChI=1S/C31H31F6N9O/c1-16(2)45-13-22(31(35,36)37)41-27(45)20-10-6-18(7-11-20)17(3)46(14-30(32,33)34)28-25-21(12-44(4)43-25)40-26(42-28)23-24(19-8-9-19)38-15-39-29(23)47-5/h6-7,10-13,15-17,19H,8-9,14H2,1-5H3. The van der Waals surface area contributed by atoms with E-state index in [2.05, 4.69) is 30.0 Å². The van der Waals surface area contributed by atoms with Gasteiger partial charge in [-0.2, -0.15) is 31.4 Å². The molecule has 4 heterocycles. The zero-order valence-corrected chi connectivity index (χ0v) is 26.1. The van der Waals surface area contributed by atoms with Gasteiger partial charge in [0.05, 0.1) is 25.0 Å². The molecular weight excluding hydrogens is 628 g/mol. The van der Waals surface area contributed by atoms with Crippen molar-refractivity contribution in [3.05, 3.63) is 59.9 Å². The number of aromatic nitrogens is 8. The van der Waals surface area contributed by atoms with Crippen LogP contribution in [0, 0.1) is 0 Å². The van der Waals surface area contributed by atoms with Crippen molar-refractivity contribution in [2.75, 3.05) is 18.6 Å². The Labute approximate surface area is 265 Å². The van der Waals surface area contributed by atoms with Gasteiger partial charge in [0.25, 0.3) is 0 Å². The van der Waals surface area contributed by atoms with Crippen molar-refractivity contribution in [3.8, 4) is 28.7 Å². The van der Waals surface area contributed by atoms with E-state index in [1.807, 2.05) is 0 Å². The van der Waals surface area contributed by atoms with Gasteiger partial charge in [0.15, 0.2) is 22.9 Å². The fourth-order valence-corrected chi connectivity index (χ4v) is 5.55. The van der Waals surface area contributed by atoms with Crippen molar-refractivity contribution in [1.82, 2.24) is 39.3 Å². The molecule has 248 valence electrons. The predicted molar refractivity (Wildman–Crippen MR) is 161 cm³/mol. The molecule has 4 aromatic heterocycles. The number of alkyl halides is 6. The molecule has 1 saturated carbocycles. The second-order valence-electron chi connectivity index (χ2n) is 11.8. The molecular formula is C31H31F6N9O. The van der Waals surface area contributed by atoms with E-state index in [4.69, 9.17) is 4.74 Å². The molecule has 0 aliphatic heterocycles. The topological polar surface area (TPSA) is 99.7 Å². The second-order valence-corrected chi connectivity index (χ2v) is 11.8. The third-order valence-electron chi connectivity index (χ3n) is 8.00. The van der Waals surface area contributed by atoms with Gasteiger partial charge >= 0.3 is 12.4 Å². The number of rotatable bonds is 9. The monoisotopic (exact) mass is 659 g/mol. The molecule has 0 bridgehead atoms. The summed E-state index contributed by atoms with van der Waals surface area (Å²) in [5, 5.41) is 4.41. The zero-order chi connectivity index (χ0) is 33.8. The summed E-state index contributed by atoms with van der Waals surface area (Å²) in [4.78, 5) is 22.9. The summed E-state index contributed by atoms with van der Waals surface area (Å²) in [6, 6.07) is 5.02. The van der Waals surface area contributed by atoms with E-state index < -0.39 is 30.6 Å². The number of halogens is 6. The molecule has 1 atom stereocenters. The predicted octanol–water partition coefficient (Wildman–Crippen LogP) is 7.30. The highest BCUT2D eigenvalue weighted by Gasteiger charge is 2.38. The van der Waals surface area contributed by atoms with Gasteiger partial charge in [0, 0.05) is 30.8 Å². The zero-order valence-electron chi connectivity index (χ0n) is 26.1. The van der Waals surface area contributed by atoms with E-state index in [1.54, 1.807) is 58.3 Å². The Morgan fingerprint density at radius 1 is 0.957 bits per heavy atom. The lowest BCUT2D eigenvalue weighted by atomic mass is 10.0. The fraction of sp³-hybridized carbons (Fsp3) is 0.419. The van der Waals surface area contributed by atoms with Gasteiger partial charge in [-0.1, -0.05) is 24.3 Å². The number of nitrogens with zero attached hydrogens (tertiary/aromatic N) is 9. The maximum atomic E-state index is 14.2. The molecule has 1 unspecified atom stereocenters. The Morgan fingerprint density at radius 2 is 1.66 bits per heavy atom. The molecule has 16 heteroatoms. The molecule has 0 saturated heterocycles. The first-order valence-electron chi connectivity index (χ1n) is 14.8. The van der Waals surface area contributed by atoms with Crippen LogP contribution in [0.2, 0.25) is 0 Å². The fourth-order valence-electron chi connectivity index (χ4n) is 5.55. The molecule has 6 rings (SSSR count). The normalized spacial score (nSPS) is 14.6. The lowest BCUT2D eigenvalue weighted by molar-refractivity contribution is -0.141. The Kier molecular flexibility index (Phi) is 8.08. The van der Waals surface area contributed by atoms with Gasteiger partial charge in [-0.05, 0) is 39.2 Å². The van der Waals surface area contributed by atoms with Gasteiger partial charge in [-0.25, -0.2) is 24.9 Å². The number of hydrogen-bond acceptors (Lipinski definition) is 8. The first-order chi connectivity index (χ1) is 22.1. The third-order valence-corrected chi connectivity index (χ3v) is 8.00. The van der Waals surface area contributed by atoms with Gasteiger partial charge in [0.2, 0.25) is 5.88 Å². The summed E-state index contributed by atoms with van der Waals surface area (Å²) in [5.74, 6) is 0.476. The summed E-state index contributed by atoms with van der Waals surface area (Å²) in [5.41, 5.74) is 1.35. The van der Waals surface area contributed by atoms with Crippen molar-refractivity contribution in [1.29, 1.82) is 0 Å². The number of fused-ring (bicyclic) bond motifs is 1. The lowest BCUT2D eigenvalue weighted by Gasteiger charge is -2.32. The maximum Gasteiger partial charge on any atom is 0.434 e. The minimum Gasteiger partial charge on any atom is -0.480 e. The van der Waals surface area contributed by atoms with Crippen LogP contribution >= 0.6 is 0 Å². The van der Waals surface area contributed by atoms with E-state index in [0.717, 1.165) is 23.9 Å². The highest BCUT2D eigenvalue weighted by Crippen LogP contribution is 2.46. The van der Waals surface area contributed by atoms with Crippen LogP contribution in [0.25, 0.3) is 33.8 Å². The number of anilines is 1. The quantitative estimate of drug-likeness (QED) is 0.152. The van der Waals surface area contributed by atoms with Crippen molar-refractivity contribution in [2.24, 2.45) is 7.05 Å². The first-order valence-corrected chi connectivity index (χ1v) is 14.8. The largest absolute Gasteiger partial charge is 0.480 e. The second kappa shape index (κ2) is 11.8. The number of ether oxygens (including phenoxy) is 1. The molecule has 1 fully saturated rings. The molecule has 0 amide bonds. The van der Waals surface area contributed by atoms with Crippen molar-refractivity contribution >= 4 is 16.9 Å². The number of aryl methyl sites for hydroxylation is 1. The molecule has 10 nitrogen and oxygen atoms in total. The Hall–Kier alpha value is -4.76. The number of imidazole rings is 1. The molecule has 5 aromatic rings. The SMILES string of the molecule is COc1ncnc(C2CC2)c1-c1nc(N(CC(F)(F)F)C(C)c2ccc(-c3nc(C(F)(F)F)cn3C(C)C)cc2)c2nn(C)cc2n1. The molecule has 1 aliphatic rings. The van der Waals surface area contributed by atoms with Gasteiger partial charge < -0.3 is 14.2 Å². The Bertz CT molecular complexity index is 1910. The van der Waals surface area contributed by atoms with E-state index in [0.29, 0.717) is 27.9 Å². The molecule has 1 aliphatic carbocycles. The van der Waals surface area contributed by atoms with E-state index >= 15 is 0 Å². The van der Waals surface area contributed by atoms with Crippen molar-refractivity contribution in [3.63, 3.8) is 0 Å². The van der Waals surface area contributed by atoms with E-state index in [1.165, 1.54) is 22.7 Å². The molecule has 0 N–H and O–H groups in total. The number of methoxy groups -OCH3 is 1. The Morgan fingerprint density at radius 3 is 2.26 bits per heavy atom. The first kappa shape index (κ1) is 32.2. The third kappa shape index (κ3) is 6.45. The number of benzene rings is 1. The summed E-state index contributed by atoms with van der Waals surface area (Å²) in [7, 11) is 3.07. The van der Waals surface area contributed by atoms with E-state index in [9.17, 15) is 26.3 Å². The molecule has 0 spiro atoms. The number of hydrogen-bond donors (Lipinski definition) is 0. The summed E-state index contributed by atoms with van der Waals surface area (Å²) in [6.07, 6.45) is -3.58. The van der Waals surface area contributed by atoms with Crippen LogP contribution in [0.4, 0.5) is 32.2 Å². The van der Waals surface area contributed by atoms with Gasteiger partial charge in [-0.15, -0.1) is 0 Å². The average molecular weight is 660 g/mol. The summed E-state index contributed by atoms with van der Waals surface area (Å²) < 4.78 is 91.5. The summed E-state index contributed by atoms with van der Waals surface area (Å²) >= 11 is 0. The minimum absolute atomic E-state index is 0.0580. The van der Waals surface area contributed by atoms with Gasteiger partial charge in [0.1, 0.15) is 29.8 Å². The molecule has 0 radical (unpaired) electrons. The Balaban J connectivity index is 1.46. The highest BCUT2D eigenvalue weighted by atomic mass is 19.4.